The molecule has 4 aromatic rings. The van der Waals surface area contributed by atoms with Crippen LogP contribution in [0.3, 0.4) is 0 Å². The molecule has 0 bridgehead atoms. The van der Waals surface area contributed by atoms with Crippen molar-refractivity contribution in [2.75, 3.05) is 20.2 Å². The van der Waals surface area contributed by atoms with Gasteiger partial charge < -0.3 is 10.1 Å². The third kappa shape index (κ3) is 5.24. The number of benzene rings is 2. The van der Waals surface area contributed by atoms with Crippen LogP contribution in [0.15, 0.2) is 60.8 Å². The van der Waals surface area contributed by atoms with E-state index >= 15 is 0 Å². The summed E-state index contributed by atoms with van der Waals surface area (Å²) in [6, 6.07) is 13.7. The lowest BCUT2D eigenvalue weighted by Gasteiger charge is -2.27. The van der Waals surface area contributed by atoms with Gasteiger partial charge in [-0.2, -0.15) is 4.39 Å². The first-order valence-corrected chi connectivity index (χ1v) is 12.2. The molecule has 8 heteroatoms. The molecule has 0 fully saturated rings. The zero-order valence-corrected chi connectivity index (χ0v) is 20.8. The SMILES string of the molecule is COc1ccc2c3c(n(C(=O)NCc4ccnc(F)c4)c2c1)CCN(C/C=C/c1ccc(C)c(F)c1)C3. The van der Waals surface area contributed by atoms with E-state index in [1.54, 1.807) is 36.8 Å². The average molecular weight is 503 g/mol. The van der Waals surface area contributed by atoms with Gasteiger partial charge in [0.25, 0.3) is 0 Å². The average Bonchev–Trinajstić information content (AvgIpc) is 3.22. The van der Waals surface area contributed by atoms with Crippen molar-refractivity contribution in [3.05, 3.63) is 101 Å². The molecule has 0 atom stereocenters. The van der Waals surface area contributed by atoms with E-state index in [2.05, 4.69) is 15.2 Å². The number of nitrogens with one attached hydrogen (secondary N) is 1. The summed E-state index contributed by atoms with van der Waals surface area (Å²) >= 11 is 0. The number of halogens is 2. The molecular formula is C29H28F2N4O2. The van der Waals surface area contributed by atoms with Crippen LogP contribution in [-0.2, 0) is 19.5 Å². The summed E-state index contributed by atoms with van der Waals surface area (Å²) in [5, 5.41) is 3.91. The standard InChI is InChI=1S/C29H28F2N4O2/c1-19-5-6-20(14-25(19)30)4-3-12-34-13-10-26-24(18-34)23-8-7-22(37-2)16-27(23)35(26)29(36)33-17-21-9-11-32-28(31)15-21/h3-9,11,14-16H,10,12-13,17-18H2,1-2H3,(H,33,36)/b4-3+. The summed E-state index contributed by atoms with van der Waals surface area (Å²) < 4.78 is 34.5. The highest BCUT2D eigenvalue weighted by Crippen LogP contribution is 2.33. The minimum absolute atomic E-state index is 0.188. The first kappa shape index (κ1) is 24.6. The maximum atomic E-state index is 13.9. The number of nitrogens with zero attached hydrogens (tertiary/aromatic N) is 3. The molecule has 6 nitrogen and oxygen atoms in total. The van der Waals surface area contributed by atoms with Crippen molar-refractivity contribution < 1.29 is 18.3 Å². The van der Waals surface area contributed by atoms with Crippen molar-refractivity contribution in [3.8, 4) is 5.75 Å². The normalized spacial score (nSPS) is 13.7. The van der Waals surface area contributed by atoms with Gasteiger partial charge in [-0.1, -0.05) is 24.3 Å². The van der Waals surface area contributed by atoms with Crippen LogP contribution in [0.1, 0.15) is 27.9 Å². The summed E-state index contributed by atoms with van der Waals surface area (Å²) in [7, 11) is 1.60. The molecule has 1 amide bonds. The van der Waals surface area contributed by atoms with Crippen LogP contribution in [0.25, 0.3) is 17.0 Å². The molecule has 1 aliphatic heterocycles. The molecule has 2 aromatic carbocycles. The van der Waals surface area contributed by atoms with Gasteiger partial charge >= 0.3 is 6.03 Å². The molecule has 0 unspecified atom stereocenters. The highest BCUT2D eigenvalue weighted by atomic mass is 19.1. The smallest absolute Gasteiger partial charge is 0.326 e. The van der Waals surface area contributed by atoms with Crippen molar-refractivity contribution in [2.24, 2.45) is 0 Å². The fourth-order valence-corrected chi connectivity index (χ4v) is 4.77. The topological polar surface area (TPSA) is 59.4 Å². The van der Waals surface area contributed by atoms with E-state index in [4.69, 9.17) is 4.74 Å². The minimum Gasteiger partial charge on any atom is -0.497 e. The number of hydrogen-bond donors (Lipinski definition) is 1. The van der Waals surface area contributed by atoms with Crippen molar-refractivity contribution in [1.29, 1.82) is 0 Å². The Morgan fingerprint density at radius 1 is 1.16 bits per heavy atom. The van der Waals surface area contributed by atoms with Gasteiger partial charge in [0.05, 0.1) is 12.6 Å². The number of aryl methyl sites for hydroxylation is 1. The molecule has 0 aliphatic carbocycles. The molecular weight excluding hydrogens is 474 g/mol. The number of pyridine rings is 1. The van der Waals surface area contributed by atoms with Gasteiger partial charge in [0.15, 0.2) is 0 Å². The fourth-order valence-electron chi connectivity index (χ4n) is 4.77. The summed E-state index contributed by atoms with van der Waals surface area (Å²) in [4.78, 5) is 19.2. The van der Waals surface area contributed by atoms with E-state index < -0.39 is 5.95 Å². The molecule has 1 aliphatic rings. The number of aromatic nitrogens is 2. The van der Waals surface area contributed by atoms with Gasteiger partial charge in [-0.05, 0) is 59.5 Å². The molecule has 0 saturated carbocycles. The first-order chi connectivity index (χ1) is 17.9. The van der Waals surface area contributed by atoms with Crippen LogP contribution < -0.4 is 10.1 Å². The van der Waals surface area contributed by atoms with E-state index in [1.807, 2.05) is 36.4 Å². The second kappa shape index (κ2) is 10.5. The van der Waals surface area contributed by atoms with Gasteiger partial charge in [0.1, 0.15) is 11.6 Å². The number of carbonyl (C=O) groups is 1. The van der Waals surface area contributed by atoms with Crippen LogP contribution in [-0.4, -0.2) is 40.7 Å². The Morgan fingerprint density at radius 2 is 2.03 bits per heavy atom. The molecule has 1 N–H and O–H groups in total. The second-order valence-electron chi connectivity index (χ2n) is 9.19. The molecule has 0 saturated heterocycles. The third-order valence-electron chi connectivity index (χ3n) is 6.74. The third-order valence-corrected chi connectivity index (χ3v) is 6.74. The van der Waals surface area contributed by atoms with Gasteiger partial charge in [-0.3, -0.25) is 9.47 Å². The second-order valence-corrected chi connectivity index (χ2v) is 9.19. The molecule has 5 rings (SSSR count). The van der Waals surface area contributed by atoms with Gasteiger partial charge in [-0.25, -0.2) is 14.2 Å². The van der Waals surface area contributed by atoms with Crippen LogP contribution in [0.5, 0.6) is 5.75 Å². The Labute approximate surface area is 214 Å². The number of methoxy groups -OCH3 is 1. The van der Waals surface area contributed by atoms with Crippen LogP contribution >= 0.6 is 0 Å². The van der Waals surface area contributed by atoms with Gasteiger partial charge in [0.2, 0.25) is 5.95 Å². The number of hydrogen-bond acceptors (Lipinski definition) is 4. The van der Waals surface area contributed by atoms with Gasteiger partial charge in [-0.15, -0.1) is 0 Å². The van der Waals surface area contributed by atoms with E-state index in [0.717, 1.165) is 34.3 Å². The van der Waals surface area contributed by atoms with Crippen LogP contribution in [0.2, 0.25) is 0 Å². The molecule has 37 heavy (non-hydrogen) atoms. The number of amides is 1. The molecule has 190 valence electrons. The summed E-state index contributed by atoms with van der Waals surface area (Å²) in [5.41, 5.74) is 4.93. The Bertz CT molecular complexity index is 1500. The number of rotatable bonds is 6. The Balaban J connectivity index is 1.38. The zero-order chi connectivity index (χ0) is 25.9. The van der Waals surface area contributed by atoms with E-state index in [-0.39, 0.29) is 18.4 Å². The van der Waals surface area contributed by atoms with E-state index in [1.165, 1.54) is 12.3 Å². The molecule has 2 aromatic heterocycles. The summed E-state index contributed by atoms with van der Waals surface area (Å²) in [6.07, 6.45) is 6.04. The van der Waals surface area contributed by atoms with Crippen molar-refractivity contribution in [2.45, 2.75) is 26.4 Å². The molecule has 3 heterocycles. The molecule has 0 radical (unpaired) electrons. The van der Waals surface area contributed by atoms with Crippen LogP contribution in [0, 0.1) is 18.7 Å². The van der Waals surface area contributed by atoms with Crippen molar-refractivity contribution >= 4 is 23.0 Å². The lowest BCUT2D eigenvalue weighted by Crippen LogP contribution is -2.34. The maximum Gasteiger partial charge on any atom is 0.326 e. The Morgan fingerprint density at radius 3 is 2.81 bits per heavy atom. The predicted octanol–water partition coefficient (Wildman–Crippen LogP) is 5.46. The largest absolute Gasteiger partial charge is 0.497 e. The Kier molecular flexibility index (Phi) is 7.01. The lowest BCUT2D eigenvalue weighted by molar-refractivity contribution is 0.240. The molecule has 0 spiro atoms. The number of carbonyl (C=O) groups excluding carboxylic acids is 1. The fraction of sp³-hybridized carbons (Fsp3) is 0.241. The zero-order valence-electron chi connectivity index (χ0n) is 20.8. The number of ether oxygens (including phenoxy) is 1. The van der Waals surface area contributed by atoms with Gasteiger partial charge in [0, 0.05) is 55.9 Å². The van der Waals surface area contributed by atoms with Crippen molar-refractivity contribution in [1.82, 2.24) is 19.8 Å². The van der Waals surface area contributed by atoms with E-state index in [9.17, 15) is 13.6 Å². The van der Waals surface area contributed by atoms with Crippen LogP contribution in [0.4, 0.5) is 13.6 Å². The first-order valence-electron chi connectivity index (χ1n) is 12.2. The monoisotopic (exact) mass is 502 g/mol. The van der Waals surface area contributed by atoms with Crippen molar-refractivity contribution in [3.63, 3.8) is 0 Å². The summed E-state index contributed by atoms with van der Waals surface area (Å²) in [5.74, 6) is -0.125. The van der Waals surface area contributed by atoms with E-state index in [0.29, 0.717) is 36.4 Å². The quantitative estimate of drug-likeness (QED) is 0.356. The highest BCUT2D eigenvalue weighted by Gasteiger charge is 2.26. The Hall–Kier alpha value is -4.04. The number of fused-ring (bicyclic) bond motifs is 3. The highest BCUT2D eigenvalue weighted by molar-refractivity contribution is 5.96. The predicted molar refractivity (Wildman–Crippen MR) is 139 cm³/mol. The minimum atomic E-state index is -0.582. The summed E-state index contributed by atoms with van der Waals surface area (Å²) in [6.45, 7) is 4.10. The lowest BCUT2D eigenvalue weighted by atomic mass is 10.0. The maximum absolute atomic E-state index is 13.9.